The van der Waals surface area contributed by atoms with Crippen molar-refractivity contribution < 1.29 is 14.7 Å². The smallest absolute Gasteiger partial charge is 0.326 e. The molecule has 1 unspecified atom stereocenters. The third-order valence-corrected chi connectivity index (χ3v) is 3.01. The van der Waals surface area contributed by atoms with E-state index >= 15 is 0 Å². The molecule has 0 aliphatic rings. The van der Waals surface area contributed by atoms with Crippen molar-refractivity contribution in [3.05, 3.63) is 42.5 Å². The van der Waals surface area contributed by atoms with Crippen LogP contribution in [0.3, 0.4) is 0 Å². The number of carbonyl (C=O) groups is 2. The van der Waals surface area contributed by atoms with Crippen LogP contribution in [-0.4, -0.2) is 23.1 Å². The van der Waals surface area contributed by atoms with Crippen LogP contribution in [0.5, 0.6) is 0 Å². The summed E-state index contributed by atoms with van der Waals surface area (Å²) in [7, 11) is 0. The molecule has 2 amide bonds. The molecular weight excluding hydrogens is 268 g/mol. The maximum absolute atomic E-state index is 11.8. The normalized spacial score (nSPS) is 12.3. The quantitative estimate of drug-likeness (QED) is 0.729. The molecule has 0 fully saturated rings. The highest BCUT2D eigenvalue weighted by Gasteiger charge is 2.18. The number of carboxylic acids is 1. The highest BCUT2D eigenvalue weighted by Crippen LogP contribution is 2.23. The Morgan fingerprint density at radius 3 is 2.29 bits per heavy atom. The lowest BCUT2D eigenvalue weighted by Gasteiger charge is -2.19. The van der Waals surface area contributed by atoms with E-state index < -0.39 is 18.0 Å². The SMILES string of the molecule is C=CCC(NC(=O)Nc1ccc(C(C)(C)C)cc1)C(=O)O. The summed E-state index contributed by atoms with van der Waals surface area (Å²) in [5.41, 5.74) is 1.81. The first kappa shape index (κ1) is 16.8. The van der Waals surface area contributed by atoms with Crippen molar-refractivity contribution in [1.82, 2.24) is 5.32 Å². The summed E-state index contributed by atoms with van der Waals surface area (Å²) >= 11 is 0. The number of hydrogen-bond donors (Lipinski definition) is 3. The Morgan fingerprint density at radius 1 is 1.29 bits per heavy atom. The first-order valence-corrected chi connectivity index (χ1v) is 6.76. The largest absolute Gasteiger partial charge is 0.480 e. The molecule has 0 bridgehead atoms. The zero-order valence-corrected chi connectivity index (χ0v) is 12.6. The number of hydrogen-bond acceptors (Lipinski definition) is 2. The Bertz CT molecular complexity index is 515. The van der Waals surface area contributed by atoms with Gasteiger partial charge in [-0.05, 0) is 29.5 Å². The van der Waals surface area contributed by atoms with E-state index in [0.29, 0.717) is 5.69 Å². The second-order valence-corrected chi connectivity index (χ2v) is 5.84. The molecule has 0 radical (unpaired) electrons. The molecule has 0 aromatic heterocycles. The summed E-state index contributed by atoms with van der Waals surface area (Å²) < 4.78 is 0. The molecule has 21 heavy (non-hydrogen) atoms. The molecule has 1 atom stereocenters. The Balaban J connectivity index is 2.66. The van der Waals surface area contributed by atoms with Gasteiger partial charge < -0.3 is 15.7 Å². The number of rotatable bonds is 5. The molecule has 0 aliphatic heterocycles. The standard InChI is InChI=1S/C16H22N2O3/c1-5-6-13(14(19)20)18-15(21)17-12-9-7-11(8-10-12)16(2,3)4/h5,7-10,13H,1,6H2,2-4H3,(H,19,20)(H2,17,18,21). The number of aliphatic carboxylic acids is 1. The summed E-state index contributed by atoms with van der Waals surface area (Å²) in [6.45, 7) is 9.79. The van der Waals surface area contributed by atoms with E-state index in [4.69, 9.17) is 5.11 Å². The van der Waals surface area contributed by atoms with Gasteiger partial charge in [0.2, 0.25) is 0 Å². The second kappa shape index (κ2) is 6.92. The number of amides is 2. The van der Waals surface area contributed by atoms with Crippen molar-refractivity contribution in [3.63, 3.8) is 0 Å². The van der Waals surface area contributed by atoms with Gasteiger partial charge in [-0.25, -0.2) is 9.59 Å². The predicted octanol–water partition coefficient (Wildman–Crippen LogP) is 3.13. The monoisotopic (exact) mass is 290 g/mol. The van der Waals surface area contributed by atoms with Gasteiger partial charge in [0.25, 0.3) is 0 Å². The maximum atomic E-state index is 11.8. The molecule has 1 rings (SSSR count). The van der Waals surface area contributed by atoms with Crippen molar-refractivity contribution >= 4 is 17.7 Å². The Kier molecular flexibility index (Phi) is 5.52. The minimum Gasteiger partial charge on any atom is -0.480 e. The molecule has 0 saturated heterocycles. The van der Waals surface area contributed by atoms with Crippen molar-refractivity contribution in [2.75, 3.05) is 5.32 Å². The topological polar surface area (TPSA) is 78.4 Å². The van der Waals surface area contributed by atoms with Crippen molar-refractivity contribution in [1.29, 1.82) is 0 Å². The van der Waals surface area contributed by atoms with Gasteiger partial charge in [-0.3, -0.25) is 0 Å². The average molecular weight is 290 g/mol. The minimum absolute atomic E-state index is 0.0408. The van der Waals surface area contributed by atoms with Gasteiger partial charge in [-0.2, -0.15) is 0 Å². The molecule has 0 heterocycles. The van der Waals surface area contributed by atoms with Crippen LogP contribution in [0.15, 0.2) is 36.9 Å². The van der Waals surface area contributed by atoms with Gasteiger partial charge in [0.05, 0.1) is 0 Å². The van der Waals surface area contributed by atoms with E-state index in [1.165, 1.54) is 6.08 Å². The molecule has 1 aromatic carbocycles. The van der Waals surface area contributed by atoms with Crippen molar-refractivity contribution in [2.24, 2.45) is 0 Å². The molecule has 3 N–H and O–H groups in total. The summed E-state index contributed by atoms with van der Waals surface area (Å²) in [6.07, 6.45) is 1.63. The Labute approximate surface area is 125 Å². The first-order valence-electron chi connectivity index (χ1n) is 6.76. The summed E-state index contributed by atoms with van der Waals surface area (Å²) in [5.74, 6) is -1.09. The van der Waals surface area contributed by atoms with Crippen LogP contribution in [0.25, 0.3) is 0 Å². The van der Waals surface area contributed by atoms with Gasteiger partial charge in [0.1, 0.15) is 6.04 Å². The third-order valence-electron chi connectivity index (χ3n) is 3.01. The van der Waals surface area contributed by atoms with Crippen LogP contribution < -0.4 is 10.6 Å². The molecule has 5 nitrogen and oxygen atoms in total. The molecule has 0 saturated carbocycles. The highest BCUT2D eigenvalue weighted by atomic mass is 16.4. The van der Waals surface area contributed by atoms with Crippen LogP contribution in [0.1, 0.15) is 32.8 Å². The molecule has 0 spiro atoms. The lowest BCUT2D eigenvalue weighted by Crippen LogP contribution is -2.42. The number of anilines is 1. The van der Waals surface area contributed by atoms with Gasteiger partial charge >= 0.3 is 12.0 Å². The summed E-state index contributed by atoms with van der Waals surface area (Å²) in [4.78, 5) is 22.7. The van der Waals surface area contributed by atoms with Crippen LogP contribution in [0, 0.1) is 0 Å². The maximum Gasteiger partial charge on any atom is 0.326 e. The van der Waals surface area contributed by atoms with E-state index in [2.05, 4.69) is 38.0 Å². The number of carbonyl (C=O) groups excluding carboxylic acids is 1. The molecule has 1 aromatic rings. The fourth-order valence-corrected chi connectivity index (χ4v) is 1.77. The number of benzene rings is 1. The fourth-order valence-electron chi connectivity index (χ4n) is 1.77. The van der Waals surface area contributed by atoms with Gasteiger partial charge in [0, 0.05) is 5.69 Å². The van der Waals surface area contributed by atoms with E-state index in [1.807, 2.05) is 12.1 Å². The van der Waals surface area contributed by atoms with Gasteiger partial charge in [-0.15, -0.1) is 6.58 Å². The van der Waals surface area contributed by atoms with E-state index in [-0.39, 0.29) is 11.8 Å². The van der Waals surface area contributed by atoms with Crippen LogP contribution in [0.2, 0.25) is 0 Å². The summed E-state index contributed by atoms with van der Waals surface area (Å²) in [6, 6.07) is 5.94. The Morgan fingerprint density at radius 2 is 1.86 bits per heavy atom. The van der Waals surface area contributed by atoms with Crippen LogP contribution in [-0.2, 0) is 10.2 Å². The first-order chi connectivity index (χ1) is 9.74. The number of nitrogens with one attached hydrogen (secondary N) is 2. The molecular formula is C16H22N2O3. The second-order valence-electron chi connectivity index (χ2n) is 5.84. The minimum atomic E-state index is -1.09. The van der Waals surface area contributed by atoms with Crippen LogP contribution >= 0.6 is 0 Å². The Hall–Kier alpha value is -2.30. The van der Waals surface area contributed by atoms with E-state index in [9.17, 15) is 9.59 Å². The van der Waals surface area contributed by atoms with Crippen molar-refractivity contribution in [2.45, 2.75) is 38.6 Å². The van der Waals surface area contributed by atoms with Gasteiger partial charge in [-0.1, -0.05) is 39.0 Å². The third kappa shape index (κ3) is 5.30. The predicted molar refractivity (Wildman–Crippen MR) is 83.5 cm³/mol. The fraction of sp³-hybridized carbons (Fsp3) is 0.375. The molecule has 5 heteroatoms. The average Bonchev–Trinajstić information content (AvgIpc) is 2.37. The van der Waals surface area contributed by atoms with E-state index in [0.717, 1.165) is 5.56 Å². The summed E-state index contributed by atoms with van der Waals surface area (Å²) in [5, 5.41) is 14.0. The zero-order chi connectivity index (χ0) is 16.0. The lowest BCUT2D eigenvalue weighted by atomic mass is 9.87. The van der Waals surface area contributed by atoms with Crippen LogP contribution in [0.4, 0.5) is 10.5 Å². The lowest BCUT2D eigenvalue weighted by molar-refractivity contribution is -0.139. The highest BCUT2D eigenvalue weighted by molar-refractivity contribution is 5.92. The zero-order valence-electron chi connectivity index (χ0n) is 12.6. The van der Waals surface area contributed by atoms with Gasteiger partial charge in [0.15, 0.2) is 0 Å². The number of urea groups is 1. The molecule has 0 aliphatic carbocycles. The number of carboxylic acid groups (broad SMARTS) is 1. The molecule has 114 valence electrons. The van der Waals surface area contributed by atoms with Crippen molar-refractivity contribution in [3.8, 4) is 0 Å². The van der Waals surface area contributed by atoms with E-state index in [1.54, 1.807) is 12.1 Å².